The van der Waals surface area contributed by atoms with E-state index in [1.807, 2.05) is 0 Å². The van der Waals surface area contributed by atoms with E-state index in [1.165, 1.54) is 11.0 Å². The van der Waals surface area contributed by atoms with Gasteiger partial charge in [-0.3, -0.25) is 4.79 Å². The molecule has 1 fully saturated rings. The number of carbonyl (C=O) groups is 1. The molecule has 0 heterocycles. The molecule has 18 heavy (non-hydrogen) atoms. The van der Waals surface area contributed by atoms with E-state index in [1.54, 1.807) is 7.05 Å². The van der Waals surface area contributed by atoms with Crippen LogP contribution in [0.15, 0.2) is 18.2 Å². The molecule has 0 bridgehead atoms. The molecule has 1 amide bonds. The van der Waals surface area contributed by atoms with Crippen molar-refractivity contribution in [1.29, 1.82) is 0 Å². The maximum Gasteiger partial charge on any atom is 0.416 e. The fourth-order valence-electron chi connectivity index (χ4n) is 1.77. The summed E-state index contributed by atoms with van der Waals surface area (Å²) in [5, 5.41) is 0. The fraction of sp³-hybridized carbons (Fsp3) is 0.417. The molecule has 0 radical (unpaired) electrons. The second-order valence-corrected chi connectivity index (χ2v) is 4.49. The summed E-state index contributed by atoms with van der Waals surface area (Å²) in [6.07, 6.45) is -2.70. The van der Waals surface area contributed by atoms with Crippen molar-refractivity contribution in [2.24, 2.45) is 0 Å². The average molecular weight is 258 g/mol. The highest BCUT2D eigenvalue weighted by Crippen LogP contribution is 2.32. The van der Waals surface area contributed by atoms with Crippen LogP contribution in [0, 0.1) is 0 Å². The third kappa shape index (κ3) is 2.57. The van der Waals surface area contributed by atoms with E-state index < -0.39 is 17.6 Å². The van der Waals surface area contributed by atoms with Crippen LogP contribution in [-0.4, -0.2) is 23.9 Å². The van der Waals surface area contributed by atoms with Crippen LogP contribution in [0.2, 0.25) is 0 Å². The summed E-state index contributed by atoms with van der Waals surface area (Å²) in [6.45, 7) is 0. The molecule has 6 heteroatoms. The molecule has 1 aromatic rings. The minimum Gasteiger partial charge on any atom is -0.399 e. The predicted octanol–water partition coefficient (Wildman–Crippen LogP) is 2.52. The molecule has 0 atom stereocenters. The Bertz CT molecular complexity index is 481. The van der Waals surface area contributed by atoms with Gasteiger partial charge in [0.15, 0.2) is 0 Å². The average Bonchev–Trinajstić information content (AvgIpc) is 3.08. The van der Waals surface area contributed by atoms with Gasteiger partial charge in [0.05, 0.1) is 5.56 Å². The lowest BCUT2D eigenvalue weighted by atomic mass is 10.1. The maximum atomic E-state index is 12.6. The third-order valence-electron chi connectivity index (χ3n) is 2.94. The first-order chi connectivity index (χ1) is 8.29. The van der Waals surface area contributed by atoms with Gasteiger partial charge in [-0.1, -0.05) is 0 Å². The van der Waals surface area contributed by atoms with Crippen LogP contribution in [0.5, 0.6) is 0 Å². The zero-order valence-corrected chi connectivity index (χ0v) is 9.79. The molecule has 0 aliphatic heterocycles. The van der Waals surface area contributed by atoms with Crippen molar-refractivity contribution in [2.75, 3.05) is 12.8 Å². The molecule has 1 aliphatic carbocycles. The van der Waals surface area contributed by atoms with Gasteiger partial charge in [0, 0.05) is 24.3 Å². The van der Waals surface area contributed by atoms with Gasteiger partial charge < -0.3 is 10.6 Å². The summed E-state index contributed by atoms with van der Waals surface area (Å²) in [4.78, 5) is 13.4. The van der Waals surface area contributed by atoms with Gasteiger partial charge in [-0.2, -0.15) is 13.2 Å². The summed E-state index contributed by atoms with van der Waals surface area (Å²) in [6, 6.07) is 3.09. The topological polar surface area (TPSA) is 46.3 Å². The monoisotopic (exact) mass is 258 g/mol. The molecule has 2 rings (SSSR count). The van der Waals surface area contributed by atoms with Crippen LogP contribution >= 0.6 is 0 Å². The van der Waals surface area contributed by atoms with Crippen LogP contribution in [0.4, 0.5) is 18.9 Å². The highest BCUT2D eigenvalue weighted by molar-refractivity contribution is 5.95. The molecule has 1 saturated carbocycles. The maximum absolute atomic E-state index is 12.6. The van der Waals surface area contributed by atoms with Gasteiger partial charge in [0.2, 0.25) is 0 Å². The lowest BCUT2D eigenvalue weighted by Crippen LogP contribution is -2.29. The SMILES string of the molecule is CN(C(=O)c1cc(N)cc(C(F)(F)F)c1)C1CC1. The summed E-state index contributed by atoms with van der Waals surface area (Å²) < 4.78 is 37.8. The van der Waals surface area contributed by atoms with E-state index in [4.69, 9.17) is 5.73 Å². The molecule has 1 aromatic carbocycles. The Morgan fingerprint density at radius 2 is 1.94 bits per heavy atom. The smallest absolute Gasteiger partial charge is 0.399 e. The zero-order valence-electron chi connectivity index (χ0n) is 9.79. The van der Waals surface area contributed by atoms with Crippen molar-refractivity contribution in [2.45, 2.75) is 25.1 Å². The van der Waals surface area contributed by atoms with E-state index in [0.717, 1.165) is 25.0 Å². The molecule has 0 spiro atoms. The Morgan fingerprint density at radius 3 is 2.44 bits per heavy atom. The summed E-state index contributed by atoms with van der Waals surface area (Å²) in [5.74, 6) is -0.421. The van der Waals surface area contributed by atoms with Gasteiger partial charge in [-0.05, 0) is 31.0 Å². The van der Waals surface area contributed by atoms with E-state index in [9.17, 15) is 18.0 Å². The van der Waals surface area contributed by atoms with Crippen LogP contribution < -0.4 is 5.73 Å². The summed E-state index contributed by atoms with van der Waals surface area (Å²) in [7, 11) is 1.59. The largest absolute Gasteiger partial charge is 0.416 e. The molecule has 2 N–H and O–H groups in total. The van der Waals surface area contributed by atoms with Crippen molar-refractivity contribution >= 4 is 11.6 Å². The number of halogens is 3. The van der Waals surface area contributed by atoms with E-state index in [0.29, 0.717) is 0 Å². The summed E-state index contributed by atoms with van der Waals surface area (Å²) in [5.41, 5.74) is 4.45. The van der Waals surface area contributed by atoms with Gasteiger partial charge in [0.25, 0.3) is 5.91 Å². The minimum atomic E-state index is -4.50. The van der Waals surface area contributed by atoms with Crippen LogP contribution in [0.3, 0.4) is 0 Å². The van der Waals surface area contributed by atoms with E-state index >= 15 is 0 Å². The number of nitrogen functional groups attached to an aromatic ring is 1. The first kappa shape index (κ1) is 12.7. The van der Waals surface area contributed by atoms with Crippen molar-refractivity contribution in [3.63, 3.8) is 0 Å². The quantitative estimate of drug-likeness (QED) is 0.828. The predicted molar refractivity (Wildman–Crippen MR) is 61.0 cm³/mol. The Labute approximate surface area is 102 Å². The molecular formula is C12H13F3N2O. The van der Waals surface area contributed by atoms with Crippen molar-refractivity contribution < 1.29 is 18.0 Å². The Morgan fingerprint density at radius 1 is 1.33 bits per heavy atom. The first-order valence-corrected chi connectivity index (χ1v) is 5.54. The Hall–Kier alpha value is -1.72. The normalized spacial score (nSPS) is 15.6. The van der Waals surface area contributed by atoms with Gasteiger partial charge in [-0.25, -0.2) is 0 Å². The number of rotatable bonds is 2. The lowest BCUT2D eigenvalue weighted by Gasteiger charge is -2.17. The number of hydrogen-bond donors (Lipinski definition) is 1. The van der Waals surface area contributed by atoms with Gasteiger partial charge in [-0.15, -0.1) is 0 Å². The molecule has 3 nitrogen and oxygen atoms in total. The summed E-state index contributed by atoms with van der Waals surface area (Å²) >= 11 is 0. The van der Waals surface area contributed by atoms with Gasteiger partial charge >= 0.3 is 6.18 Å². The number of hydrogen-bond acceptors (Lipinski definition) is 2. The van der Waals surface area contributed by atoms with E-state index in [-0.39, 0.29) is 17.3 Å². The minimum absolute atomic E-state index is 0.0169. The molecule has 0 saturated heterocycles. The second kappa shape index (κ2) is 4.19. The highest BCUT2D eigenvalue weighted by atomic mass is 19.4. The third-order valence-corrected chi connectivity index (χ3v) is 2.94. The van der Waals surface area contributed by atoms with Crippen molar-refractivity contribution in [3.05, 3.63) is 29.3 Å². The lowest BCUT2D eigenvalue weighted by molar-refractivity contribution is -0.137. The molecule has 0 aromatic heterocycles. The molecule has 0 unspecified atom stereocenters. The number of carbonyl (C=O) groups excluding carboxylic acids is 1. The van der Waals surface area contributed by atoms with Crippen molar-refractivity contribution in [1.82, 2.24) is 4.90 Å². The number of alkyl halides is 3. The number of benzene rings is 1. The zero-order chi connectivity index (χ0) is 13.5. The fourth-order valence-corrected chi connectivity index (χ4v) is 1.77. The Balaban J connectivity index is 2.32. The highest BCUT2D eigenvalue weighted by Gasteiger charge is 2.34. The number of nitrogens with zero attached hydrogens (tertiary/aromatic N) is 1. The van der Waals surface area contributed by atoms with E-state index in [2.05, 4.69) is 0 Å². The first-order valence-electron chi connectivity index (χ1n) is 5.54. The van der Waals surface area contributed by atoms with Crippen LogP contribution in [-0.2, 0) is 6.18 Å². The number of amides is 1. The van der Waals surface area contributed by atoms with Gasteiger partial charge in [0.1, 0.15) is 0 Å². The standard InChI is InChI=1S/C12H13F3N2O/c1-17(10-2-3-10)11(18)7-4-8(12(13,14)15)6-9(16)5-7/h4-6,10H,2-3,16H2,1H3. The second-order valence-electron chi connectivity index (χ2n) is 4.49. The van der Waals surface area contributed by atoms with Crippen molar-refractivity contribution in [3.8, 4) is 0 Å². The molecule has 1 aliphatic rings. The molecule has 98 valence electrons. The number of nitrogens with two attached hydrogens (primary N) is 1. The van der Waals surface area contributed by atoms with Crippen LogP contribution in [0.1, 0.15) is 28.8 Å². The Kier molecular flexibility index (Phi) is 2.96. The van der Waals surface area contributed by atoms with Crippen LogP contribution in [0.25, 0.3) is 0 Å². The number of anilines is 1. The molecular weight excluding hydrogens is 245 g/mol.